The summed E-state index contributed by atoms with van der Waals surface area (Å²) in [4.78, 5) is 24.5. The lowest BCUT2D eigenvalue weighted by Gasteiger charge is -2.22. The molecule has 1 atom stereocenters. The summed E-state index contributed by atoms with van der Waals surface area (Å²) in [6.07, 6.45) is 4.85. The monoisotopic (exact) mass is 219 g/mol. The Hall–Kier alpha value is -1.91. The van der Waals surface area contributed by atoms with E-state index < -0.39 is 0 Å². The molecule has 1 aliphatic heterocycles. The first-order chi connectivity index (χ1) is 7.59. The first-order valence-corrected chi connectivity index (χ1v) is 5.13. The van der Waals surface area contributed by atoms with Crippen molar-refractivity contribution in [2.45, 2.75) is 26.4 Å². The molecule has 0 saturated heterocycles. The van der Waals surface area contributed by atoms with Crippen molar-refractivity contribution in [1.82, 2.24) is 14.7 Å². The topological polar surface area (TPSA) is 55.2 Å². The van der Waals surface area contributed by atoms with Gasteiger partial charge in [0.2, 0.25) is 0 Å². The molecule has 0 saturated carbocycles. The molecule has 1 unspecified atom stereocenters. The van der Waals surface area contributed by atoms with Gasteiger partial charge in [0.25, 0.3) is 11.8 Å². The smallest absolute Gasteiger partial charge is 0.256 e. The normalized spacial score (nSPS) is 17.9. The Balaban J connectivity index is 2.09. The molecule has 0 bridgehead atoms. The van der Waals surface area contributed by atoms with Crippen molar-refractivity contribution in [1.29, 1.82) is 0 Å². The number of amides is 2. The SMILES string of the molecule is CC1=CC(=O)N(C(C)Cn2cccn2)C1=O. The van der Waals surface area contributed by atoms with Gasteiger partial charge in [-0.1, -0.05) is 0 Å². The Morgan fingerprint density at radius 2 is 2.19 bits per heavy atom. The molecule has 84 valence electrons. The molecule has 0 fully saturated rings. The van der Waals surface area contributed by atoms with Gasteiger partial charge < -0.3 is 0 Å². The maximum absolute atomic E-state index is 11.7. The third-order valence-electron chi connectivity index (χ3n) is 2.58. The highest BCUT2D eigenvalue weighted by molar-refractivity contribution is 6.16. The third-order valence-corrected chi connectivity index (χ3v) is 2.58. The van der Waals surface area contributed by atoms with Crippen LogP contribution >= 0.6 is 0 Å². The highest BCUT2D eigenvalue weighted by Crippen LogP contribution is 2.16. The van der Waals surface area contributed by atoms with E-state index in [2.05, 4.69) is 5.10 Å². The molecule has 16 heavy (non-hydrogen) atoms. The van der Waals surface area contributed by atoms with E-state index in [4.69, 9.17) is 0 Å². The Bertz CT molecular complexity index is 448. The highest BCUT2D eigenvalue weighted by atomic mass is 16.2. The van der Waals surface area contributed by atoms with Crippen LogP contribution in [0.25, 0.3) is 0 Å². The van der Waals surface area contributed by atoms with Gasteiger partial charge in [-0.3, -0.25) is 19.2 Å². The lowest BCUT2D eigenvalue weighted by Crippen LogP contribution is -2.41. The maximum atomic E-state index is 11.7. The number of hydrogen-bond acceptors (Lipinski definition) is 3. The second-order valence-electron chi connectivity index (χ2n) is 3.92. The maximum Gasteiger partial charge on any atom is 0.256 e. The Labute approximate surface area is 93.3 Å². The van der Waals surface area contributed by atoms with Gasteiger partial charge in [-0.25, -0.2) is 0 Å². The van der Waals surface area contributed by atoms with Gasteiger partial charge in [-0.15, -0.1) is 0 Å². The van der Waals surface area contributed by atoms with Crippen molar-refractivity contribution in [2.24, 2.45) is 0 Å². The first kappa shape index (κ1) is 10.6. The number of aromatic nitrogens is 2. The average molecular weight is 219 g/mol. The molecular weight excluding hydrogens is 206 g/mol. The van der Waals surface area contributed by atoms with Crippen LogP contribution in [0.2, 0.25) is 0 Å². The van der Waals surface area contributed by atoms with Crippen LogP contribution in [0.1, 0.15) is 13.8 Å². The summed E-state index contributed by atoms with van der Waals surface area (Å²) in [5.74, 6) is -0.438. The van der Waals surface area contributed by atoms with Crippen molar-refractivity contribution >= 4 is 11.8 Å². The number of carbonyl (C=O) groups is 2. The molecule has 2 rings (SSSR count). The van der Waals surface area contributed by atoms with Gasteiger partial charge in [0.1, 0.15) is 0 Å². The number of carbonyl (C=O) groups excluding carboxylic acids is 2. The molecule has 5 nitrogen and oxygen atoms in total. The van der Waals surface area contributed by atoms with Crippen molar-refractivity contribution in [3.05, 3.63) is 30.1 Å². The molecule has 0 N–H and O–H groups in total. The summed E-state index contributed by atoms with van der Waals surface area (Å²) in [6.45, 7) is 4.01. The summed E-state index contributed by atoms with van der Waals surface area (Å²) in [7, 11) is 0. The number of imide groups is 1. The minimum atomic E-state index is -0.234. The lowest BCUT2D eigenvalue weighted by molar-refractivity contribution is -0.139. The minimum Gasteiger partial charge on any atom is -0.271 e. The Morgan fingerprint density at radius 3 is 2.69 bits per heavy atom. The van der Waals surface area contributed by atoms with E-state index in [1.165, 1.54) is 11.0 Å². The van der Waals surface area contributed by atoms with Crippen LogP contribution in [-0.4, -0.2) is 32.5 Å². The van der Waals surface area contributed by atoms with Crippen molar-refractivity contribution in [3.8, 4) is 0 Å². The van der Waals surface area contributed by atoms with Gasteiger partial charge in [0.05, 0.1) is 12.6 Å². The molecule has 1 aliphatic rings. The van der Waals surface area contributed by atoms with Crippen LogP contribution in [0, 0.1) is 0 Å². The minimum absolute atomic E-state index is 0.186. The van der Waals surface area contributed by atoms with Crippen molar-refractivity contribution in [3.63, 3.8) is 0 Å². The zero-order valence-electron chi connectivity index (χ0n) is 9.25. The highest BCUT2D eigenvalue weighted by Gasteiger charge is 2.32. The molecule has 2 heterocycles. The summed E-state index contributed by atoms with van der Waals surface area (Å²) < 4.78 is 1.71. The van der Waals surface area contributed by atoms with Gasteiger partial charge in [0, 0.05) is 24.0 Å². The van der Waals surface area contributed by atoms with Crippen molar-refractivity contribution in [2.75, 3.05) is 0 Å². The van der Waals surface area contributed by atoms with E-state index >= 15 is 0 Å². The van der Waals surface area contributed by atoms with Crippen LogP contribution in [0.4, 0.5) is 0 Å². The predicted octanol–water partition coefficient (Wildman–Crippen LogP) is 0.587. The van der Waals surface area contributed by atoms with E-state index in [0.717, 1.165) is 0 Å². The number of rotatable bonds is 3. The van der Waals surface area contributed by atoms with Crippen molar-refractivity contribution < 1.29 is 9.59 Å². The second-order valence-corrected chi connectivity index (χ2v) is 3.92. The summed E-state index contributed by atoms with van der Waals surface area (Å²) in [5.41, 5.74) is 0.498. The molecule has 0 aliphatic carbocycles. The standard InChI is InChI=1S/C11H13N3O2/c1-8-6-10(15)14(11(8)16)9(2)7-13-5-3-4-12-13/h3-6,9H,7H2,1-2H3. The fraction of sp³-hybridized carbons (Fsp3) is 0.364. The second kappa shape index (κ2) is 3.92. The van der Waals surface area contributed by atoms with E-state index in [9.17, 15) is 9.59 Å². The molecular formula is C11H13N3O2. The summed E-state index contributed by atoms with van der Waals surface area (Å²) >= 11 is 0. The Kier molecular flexibility index (Phi) is 2.60. The number of hydrogen-bond donors (Lipinski definition) is 0. The molecule has 1 aromatic rings. The van der Waals surface area contributed by atoms with E-state index in [1.54, 1.807) is 17.8 Å². The van der Waals surface area contributed by atoms with E-state index in [0.29, 0.717) is 12.1 Å². The van der Waals surface area contributed by atoms with E-state index in [-0.39, 0.29) is 17.9 Å². The van der Waals surface area contributed by atoms with Crippen LogP contribution < -0.4 is 0 Å². The van der Waals surface area contributed by atoms with Crippen LogP contribution in [-0.2, 0) is 16.1 Å². The van der Waals surface area contributed by atoms with E-state index in [1.807, 2.05) is 19.2 Å². The quantitative estimate of drug-likeness (QED) is 0.699. The van der Waals surface area contributed by atoms with Gasteiger partial charge in [0.15, 0.2) is 0 Å². The van der Waals surface area contributed by atoms with Crippen LogP contribution in [0.5, 0.6) is 0 Å². The largest absolute Gasteiger partial charge is 0.271 e. The van der Waals surface area contributed by atoms with Crippen LogP contribution in [0.15, 0.2) is 30.1 Å². The zero-order chi connectivity index (χ0) is 11.7. The predicted molar refractivity (Wildman–Crippen MR) is 57.3 cm³/mol. The average Bonchev–Trinajstić information content (AvgIpc) is 2.77. The summed E-state index contributed by atoms with van der Waals surface area (Å²) in [5, 5.41) is 4.05. The fourth-order valence-electron chi connectivity index (χ4n) is 1.78. The molecule has 5 heteroatoms. The van der Waals surface area contributed by atoms with Crippen LogP contribution in [0.3, 0.4) is 0 Å². The molecule has 1 aromatic heterocycles. The third kappa shape index (κ3) is 1.76. The lowest BCUT2D eigenvalue weighted by atomic mass is 10.2. The molecule has 0 aromatic carbocycles. The molecule has 0 radical (unpaired) electrons. The fourth-order valence-corrected chi connectivity index (χ4v) is 1.78. The molecule has 2 amide bonds. The first-order valence-electron chi connectivity index (χ1n) is 5.13. The Morgan fingerprint density at radius 1 is 1.44 bits per heavy atom. The van der Waals surface area contributed by atoms with Gasteiger partial charge in [-0.05, 0) is 19.9 Å². The van der Waals surface area contributed by atoms with Gasteiger partial charge in [-0.2, -0.15) is 5.10 Å². The zero-order valence-corrected chi connectivity index (χ0v) is 9.25. The van der Waals surface area contributed by atoms with Gasteiger partial charge >= 0.3 is 0 Å². The number of nitrogens with zero attached hydrogens (tertiary/aromatic N) is 3. The molecule has 0 spiro atoms. The summed E-state index contributed by atoms with van der Waals surface area (Å²) in [6, 6.07) is 1.62.